The molecule has 0 radical (unpaired) electrons. The van der Waals surface area contributed by atoms with Crippen LogP contribution in [0.25, 0.3) is 11.0 Å². The molecule has 0 aliphatic rings. The van der Waals surface area contributed by atoms with Crippen molar-refractivity contribution < 1.29 is 19.1 Å². The normalized spacial score (nSPS) is 11.6. The molecule has 0 spiro atoms. The Morgan fingerprint density at radius 3 is 2.27 bits per heavy atom. The molecule has 1 atom stereocenters. The first kappa shape index (κ1) is 26.4. The van der Waals surface area contributed by atoms with Gasteiger partial charge in [0.1, 0.15) is 18.1 Å². The number of ether oxygens (including phenoxy) is 2. The Kier molecular flexibility index (Phi) is 8.01. The van der Waals surface area contributed by atoms with E-state index < -0.39 is 6.04 Å². The van der Waals surface area contributed by atoms with E-state index in [-0.39, 0.29) is 24.9 Å². The number of hydrogen-bond donors (Lipinski definition) is 1. The van der Waals surface area contributed by atoms with E-state index in [4.69, 9.17) is 9.47 Å². The van der Waals surface area contributed by atoms with Gasteiger partial charge in [-0.05, 0) is 35.9 Å². The number of rotatable bonds is 10. The van der Waals surface area contributed by atoms with Gasteiger partial charge in [-0.3, -0.25) is 14.5 Å². The Morgan fingerprint density at radius 2 is 1.55 bits per heavy atom. The lowest BCUT2D eigenvalue weighted by molar-refractivity contribution is -0.127. The first-order valence-corrected chi connectivity index (χ1v) is 12.8. The third-order valence-electron chi connectivity index (χ3n) is 6.55. The van der Waals surface area contributed by atoms with Crippen molar-refractivity contribution in [1.29, 1.82) is 0 Å². The molecule has 0 unspecified atom stereocenters. The zero-order chi connectivity index (χ0) is 27.9. The number of nitrogens with one attached hydrogen (secondary N) is 1. The van der Waals surface area contributed by atoms with Crippen molar-refractivity contribution in [2.24, 2.45) is 0 Å². The number of carbonyl (C=O) groups is 2. The number of methoxy groups -OCH3 is 2. The molecule has 1 aromatic heterocycles. The second kappa shape index (κ2) is 12.1. The van der Waals surface area contributed by atoms with Crippen molar-refractivity contribution in [3.8, 4) is 11.5 Å². The third-order valence-corrected chi connectivity index (χ3v) is 6.55. The molecule has 4 aromatic carbocycles. The fourth-order valence-electron chi connectivity index (χ4n) is 4.67. The lowest BCUT2D eigenvalue weighted by Gasteiger charge is -2.32. The molecule has 202 valence electrons. The van der Waals surface area contributed by atoms with Crippen LogP contribution in [0.2, 0.25) is 0 Å². The summed E-state index contributed by atoms with van der Waals surface area (Å²) >= 11 is 0. The first-order valence-electron chi connectivity index (χ1n) is 12.8. The second-order valence-electron chi connectivity index (χ2n) is 9.02. The molecule has 0 bridgehead atoms. The van der Waals surface area contributed by atoms with E-state index in [9.17, 15) is 9.59 Å². The van der Waals surface area contributed by atoms with Gasteiger partial charge in [-0.15, -0.1) is 5.10 Å². The summed E-state index contributed by atoms with van der Waals surface area (Å²) in [5.41, 5.74) is 3.34. The van der Waals surface area contributed by atoms with E-state index in [0.717, 1.165) is 5.56 Å². The highest BCUT2D eigenvalue weighted by Crippen LogP contribution is 2.39. The Balaban J connectivity index is 1.60. The Morgan fingerprint density at radius 1 is 0.850 bits per heavy atom. The fourth-order valence-corrected chi connectivity index (χ4v) is 4.67. The maximum Gasteiger partial charge on any atom is 0.249 e. The minimum Gasteiger partial charge on any atom is -0.493 e. The molecule has 1 heterocycles. The van der Waals surface area contributed by atoms with Gasteiger partial charge in [-0.25, -0.2) is 4.68 Å². The lowest BCUT2D eigenvalue weighted by atomic mass is 10.0. The van der Waals surface area contributed by atoms with Gasteiger partial charge in [0.15, 0.2) is 11.5 Å². The summed E-state index contributed by atoms with van der Waals surface area (Å²) in [7, 11) is 3.04. The highest BCUT2D eigenvalue weighted by atomic mass is 16.5. The quantitative estimate of drug-likeness (QED) is 0.282. The molecule has 1 N–H and O–H groups in total. The minimum atomic E-state index is -1.08. The van der Waals surface area contributed by atoms with Crippen LogP contribution in [0.15, 0.2) is 103 Å². The van der Waals surface area contributed by atoms with Gasteiger partial charge < -0.3 is 14.8 Å². The SMILES string of the molecule is COc1cccc([C@H](C(=O)NCc2ccccc2)N(C(=O)Cn2nnc3ccccc32)c2ccccc2)c1OC. The smallest absolute Gasteiger partial charge is 0.249 e. The predicted molar refractivity (Wildman–Crippen MR) is 152 cm³/mol. The van der Waals surface area contributed by atoms with E-state index in [0.29, 0.717) is 33.8 Å². The Labute approximate surface area is 231 Å². The molecule has 0 aliphatic heterocycles. The Bertz CT molecular complexity index is 1600. The van der Waals surface area contributed by atoms with Gasteiger partial charge in [0.05, 0.1) is 19.7 Å². The predicted octanol–water partition coefficient (Wildman–Crippen LogP) is 4.54. The molecule has 40 heavy (non-hydrogen) atoms. The van der Waals surface area contributed by atoms with Crippen molar-refractivity contribution in [2.45, 2.75) is 19.1 Å². The summed E-state index contributed by atoms with van der Waals surface area (Å²) < 4.78 is 12.8. The molecule has 5 rings (SSSR count). The third kappa shape index (κ3) is 5.49. The largest absolute Gasteiger partial charge is 0.493 e. The number of aromatic nitrogens is 3. The minimum absolute atomic E-state index is 0.135. The summed E-state index contributed by atoms with van der Waals surface area (Å²) in [5.74, 6) is 0.0797. The molecule has 5 aromatic rings. The molecular formula is C31H29N5O4. The van der Waals surface area contributed by atoms with Crippen LogP contribution in [0.4, 0.5) is 5.69 Å². The van der Waals surface area contributed by atoms with E-state index in [1.54, 1.807) is 30.3 Å². The maximum atomic E-state index is 14.2. The Hall–Kier alpha value is -5.18. The zero-order valence-corrected chi connectivity index (χ0v) is 22.2. The van der Waals surface area contributed by atoms with Gasteiger partial charge >= 0.3 is 0 Å². The molecule has 0 saturated heterocycles. The molecule has 0 saturated carbocycles. The average Bonchev–Trinajstić information content (AvgIpc) is 3.41. The van der Waals surface area contributed by atoms with Crippen molar-refractivity contribution in [3.63, 3.8) is 0 Å². The van der Waals surface area contributed by atoms with Gasteiger partial charge in [0.2, 0.25) is 11.8 Å². The van der Waals surface area contributed by atoms with E-state index in [1.165, 1.54) is 23.8 Å². The number of carbonyl (C=O) groups excluding carboxylic acids is 2. The summed E-state index contributed by atoms with van der Waals surface area (Å²) in [6.07, 6.45) is 0. The topological polar surface area (TPSA) is 98.6 Å². The lowest BCUT2D eigenvalue weighted by Crippen LogP contribution is -2.45. The van der Waals surface area contributed by atoms with Crippen molar-refractivity contribution in [2.75, 3.05) is 19.1 Å². The summed E-state index contributed by atoms with van der Waals surface area (Å²) in [6.45, 7) is 0.150. The van der Waals surface area contributed by atoms with Crippen LogP contribution >= 0.6 is 0 Å². The number of amides is 2. The van der Waals surface area contributed by atoms with Gasteiger partial charge in [-0.2, -0.15) is 0 Å². The van der Waals surface area contributed by atoms with E-state index in [1.807, 2.05) is 72.8 Å². The summed E-state index contributed by atoms with van der Waals surface area (Å²) in [4.78, 5) is 29.8. The molecule has 2 amide bonds. The first-order chi connectivity index (χ1) is 19.6. The van der Waals surface area contributed by atoms with Gasteiger partial charge in [0, 0.05) is 17.8 Å². The maximum absolute atomic E-state index is 14.2. The van der Waals surface area contributed by atoms with Crippen LogP contribution in [0.5, 0.6) is 11.5 Å². The molecule has 9 heteroatoms. The summed E-state index contributed by atoms with van der Waals surface area (Å²) in [5, 5.41) is 11.4. The van der Waals surface area contributed by atoms with Crippen LogP contribution in [0.1, 0.15) is 17.2 Å². The van der Waals surface area contributed by atoms with Crippen LogP contribution in [0.3, 0.4) is 0 Å². The number of nitrogens with zero attached hydrogens (tertiary/aromatic N) is 4. The number of para-hydroxylation sites is 3. The zero-order valence-electron chi connectivity index (χ0n) is 22.2. The number of anilines is 1. The van der Waals surface area contributed by atoms with Gasteiger partial charge in [0.25, 0.3) is 0 Å². The van der Waals surface area contributed by atoms with Crippen LogP contribution in [0, 0.1) is 0 Å². The van der Waals surface area contributed by atoms with Crippen molar-refractivity contribution >= 4 is 28.5 Å². The molecule has 0 fully saturated rings. The number of benzene rings is 4. The van der Waals surface area contributed by atoms with Crippen molar-refractivity contribution in [3.05, 3.63) is 114 Å². The monoisotopic (exact) mass is 535 g/mol. The van der Waals surface area contributed by atoms with Crippen molar-refractivity contribution in [1.82, 2.24) is 20.3 Å². The highest BCUT2D eigenvalue weighted by Gasteiger charge is 2.36. The average molecular weight is 536 g/mol. The van der Waals surface area contributed by atoms with Crippen LogP contribution < -0.4 is 19.7 Å². The van der Waals surface area contributed by atoms with E-state index >= 15 is 0 Å². The number of fused-ring (bicyclic) bond motifs is 1. The summed E-state index contributed by atoms with van der Waals surface area (Å²) in [6, 6.07) is 30.3. The van der Waals surface area contributed by atoms with Crippen LogP contribution in [-0.2, 0) is 22.7 Å². The van der Waals surface area contributed by atoms with Gasteiger partial charge in [-0.1, -0.05) is 78.0 Å². The molecule has 9 nitrogen and oxygen atoms in total. The fraction of sp³-hybridized carbons (Fsp3) is 0.161. The standard InChI is InChI=1S/C31H29N5O4/c1-39-27-19-11-16-24(30(27)40-2)29(31(38)32-20-22-12-5-3-6-13-22)36(23-14-7-4-8-15-23)28(37)21-35-26-18-10-9-17-25(26)33-34-35/h3-19,29H,20-21H2,1-2H3,(H,32,38)/t29-/m1/s1. The van der Waals surface area contributed by atoms with E-state index in [2.05, 4.69) is 15.6 Å². The number of hydrogen-bond acceptors (Lipinski definition) is 6. The highest BCUT2D eigenvalue weighted by molar-refractivity contribution is 6.02. The molecular weight excluding hydrogens is 506 g/mol. The molecule has 0 aliphatic carbocycles. The second-order valence-corrected chi connectivity index (χ2v) is 9.02. The van der Waals surface area contributed by atoms with Crippen LogP contribution in [-0.4, -0.2) is 41.0 Å².